The van der Waals surface area contributed by atoms with E-state index in [2.05, 4.69) is 0 Å². The number of halogens is 3. The smallest absolute Gasteiger partial charge is 0.366 e. The molecule has 112 valence electrons. The van der Waals surface area contributed by atoms with E-state index in [4.69, 9.17) is 5.73 Å². The van der Waals surface area contributed by atoms with E-state index in [0.29, 0.717) is 12.1 Å². The molecular formula is C14H19F3N2O. The predicted octanol–water partition coefficient (Wildman–Crippen LogP) is 2.81. The Balaban J connectivity index is 2.75. The van der Waals surface area contributed by atoms with Crippen molar-refractivity contribution in [2.45, 2.75) is 26.6 Å². The minimum Gasteiger partial charge on any atom is -0.366 e. The van der Waals surface area contributed by atoms with Crippen LogP contribution in [0.5, 0.6) is 0 Å². The van der Waals surface area contributed by atoms with Gasteiger partial charge >= 0.3 is 6.18 Å². The summed E-state index contributed by atoms with van der Waals surface area (Å²) in [5.41, 5.74) is 6.19. The fourth-order valence-corrected chi connectivity index (χ4v) is 1.99. The number of hydrogen-bond acceptors (Lipinski definition) is 2. The number of carbonyl (C=O) groups is 1. The highest BCUT2D eigenvalue weighted by molar-refractivity contribution is 5.92. The maximum Gasteiger partial charge on any atom is 0.401 e. The van der Waals surface area contributed by atoms with Gasteiger partial charge < -0.3 is 5.73 Å². The van der Waals surface area contributed by atoms with Gasteiger partial charge in [-0.05, 0) is 23.6 Å². The van der Waals surface area contributed by atoms with Crippen molar-refractivity contribution in [3.8, 4) is 0 Å². The van der Waals surface area contributed by atoms with E-state index in [-0.39, 0.29) is 12.5 Å². The lowest BCUT2D eigenvalue weighted by Crippen LogP contribution is -2.36. The average Bonchev–Trinajstić information content (AvgIpc) is 2.26. The molecule has 0 radical (unpaired) electrons. The van der Waals surface area contributed by atoms with Crippen molar-refractivity contribution >= 4 is 5.91 Å². The van der Waals surface area contributed by atoms with Crippen molar-refractivity contribution < 1.29 is 18.0 Å². The third-order valence-electron chi connectivity index (χ3n) is 2.67. The van der Waals surface area contributed by atoms with Crippen LogP contribution in [0.1, 0.15) is 29.8 Å². The van der Waals surface area contributed by atoms with Crippen LogP contribution >= 0.6 is 0 Å². The zero-order valence-corrected chi connectivity index (χ0v) is 11.6. The molecule has 0 bridgehead atoms. The van der Waals surface area contributed by atoms with Crippen LogP contribution in [0.15, 0.2) is 24.3 Å². The molecule has 0 aliphatic rings. The second-order valence-corrected chi connectivity index (χ2v) is 5.24. The Morgan fingerprint density at radius 1 is 1.25 bits per heavy atom. The van der Waals surface area contributed by atoms with Crippen LogP contribution in [0.2, 0.25) is 0 Å². The maximum absolute atomic E-state index is 12.5. The molecule has 1 aromatic carbocycles. The van der Waals surface area contributed by atoms with E-state index < -0.39 is 18.6 Å². The first-order chi connectivity index (χ1) is 9.17. The Labute approximate surface area is 116 Å². The van der Waals surface area contributed by atoms with Gasteiger partial charge in [0.2, 0.25) is 5.91 Å². The lowest BCUT2D eigenvalue weighted by atomic mass is 10.1. The Morgan fingerprint density at radius 2 is 1.80 bits per heavy atom. The number of amides is 1. The van der Waals surface area contributed by atoms with Crippen LogP contribution in [0.4, 0.5) is 13.2 Å². The molecule has 0 saturated carbocycles. The van der Waals surface area contributed by atoms with E-state index in [1.165, 1.54) is 17.0 Å². The Morgan fingerprint density at radius 3 is 2.20 bits per heavy atom. The molecule has 0 heterocycles. The molecule has 0 spiro atoms. The molecule has 6 heteroatoms. The van der Waals surface area contributed by atoms with E-state index in [0.717, 1.165) is 5.56 Å². The number of alkyl halides is 3. The number of benzene rings is 1. The summed E-state index contributed by atoms with van der Waals surface area (Å²) in [6, 6.07) is 6.31. The number of carbonyl (C=O) groups excluding carboxylic acids is 1. The van der Waals surface area contributed by atoms with Gasteiger partial charge in [-0.15, -0.1) is 0 Å². The molecule has 0 fully saturated rings. The van der Waals surface area contributed by atoms with Gasteiger partial charge in [-0.1, -0.05) is 26.0 Å². The fourth-order valence-electron chi connectivity index (χ4n) is 1.99. The lowest BCUT2D eigenvalue weighted by molar-refractivity contribution is -0.148. The first kappa shape index (κ1) is 16.5. The highest BCUT2D eigenvalue weighted by atomic mass is 19.4. The Kier molecular flexibility index (Phi) is 5.56. The van der Waals surface area contributed by atoms with Crippen molar-refractivity contribution in [3.05, 3.63) is 35.4 Å². The van der Waals surface area contributed by atoms with Crippen LogP contribution in [0.3, 0.4) is 0 Å². The minimum absolute atomic E-state index is 0.141. The quantitative estimate of drug-likeness (QED) is 0.875. The lowest BCUT2D eigenvalue weighted by Gasteiger charge is -2.25. The summed E-state index contributed by atoms with van der Waals surface area (Å²) in [7, 11) is 0. The molecule has 0 aromatic heterocycles. The van der Waals surface area contributed by atoms with Crippen molar-refractivity contribution in [1.29, 1.82) is 0 Å². The van der Waals surface area contributed by atoms with Gasteiger partial charge in [-0.2, -0.15) is 13.2 Å². The summed E-state index contributed by atoms with van der Waals surface area (Å²) < 4.78 is 37.6. The zero-order chi connectivity index (χ0) is 15.3. The molecule has 0 atom stereocenters. The molecular weight excluding hydrogens is 269 g/mol. The van der Waals surface area contributed by atoms with Gasteiger partial charge in [0.1, 0.15) is 0 Å². The van der Waals surface area contributed by atoms with Crippen LogP contribution in [0, 0.1) is 5.92 Å². The summed E-state index contributed by atoms with van der Waals surface area (Å²) in [4.78, 5) is 12.3. The topological polar surface area (TPSA) is 46.3 Å². The number of nitrogens with two attached hydrogens (primary N) is 1. The van der Waals surface area contributed by atoms with Crippen LogP contribution in [-0.2, 0) is 6.54 Å². The van der Waals surface area contributed by atoms with E-state index in [1.54, 1.807) is 12.1 Å². The van der Waals surface area contributed by atoms with Crippen molar-refractivity contribution in [1.82, 2.24) is 4.90 Å². The summed E-state index contributed by atoms with van der Waals surface area (Å²) in [6.07, 6.45) is -4.22. The monoisotopic (exact) mass is 288 g/mol. The average molecular weight is 288 g/mol. The van der Waals surface area contributed by atoms with Crippen molar-refractivity contribution in [3.63, 3.8) is 0 Å². The number of rotatable bonds is 6. The molecule has 0 unspecified atom stereocenters. The first-order valence-electron chi connectivity index (χ1n) is 6.35. The first-order valence-corrected chi connectivity index (χ1v) is 6.35. The van der Waals surface area contributed by atoms with E-state index >= 15 is 0 Å². The van der Waals surface area contributed by atoms with Gasteiger partial charge in [0.15, 0.2) is 0 Å². The Hall–Kier alpha value is -1.56. The number of primary amides is 1. The standard InChI is InChI=1S/C14H19F3N2O/c1-10(2)7-19(9-14(15,16)17)8-11-3-5-12(6-4-11)13(18)20/h3-6,10H,7-9H2,1-2H3,(H2,18,20). The van der Waals surface area contributed by atoms with E-state index in [1.807, 2.05) is 13.8 Å². The normalized spacial score (nSPS) is 12.2. The highest BCUT2D eigenvalue weighted by Gasteiger charge is 2.30. The van der Waals surface area contributed by atoms with Crippen molar-refractivity contribution in [2.75, 3.05) is 13.1 Å². The minimum atomic E-state index is -4.22. The summed E-state index contributed by atoms with van der Waals surface area (Å²) in [5, 5.41) is 0. The number of nitrogens with zero attached hydrogens (tertiary/aromatic N) is 1. The molecule has 3 nitrogen and oxygen atoms in total. The highest BCUT2D eigenvalue weighted by Crippen LogP contribution is 2.19. The van der Waals surface area contributed by atoms with Gasteiger partial charge in [-0.3, -0.25) is 9.69 Å². The second kappa shape index (κ2) is 6.74. The summed E-state index contributed by atoms with van der Waals surface area (Å²) >= 11 is 0. The molecule has 0 aliphatic carbocycles. The predicted molar refractivity (Wildman–Crippen MR) is 71.1 cm³/mol. The van der Waals surface area contributed by atoms with Gasteiger partial charge in [-0.25, -0.2) is 0 Å². The molecule has 1 amide bonds. The van der Waals surface area contributed by atoms with Crippen LogP contribution in [-0.4, -0.2) is 30.1 Å². The van der Waals surface area contributed by atoms with E-state index in [9.17, 15) is 18.0 Å². The summed E-state index contributed by atoms with van der Waals surface area (Å²) in [6.45, 7) is 3.36. The fraction of sp³-hybridized carbons (Fsp3) is 0.500. The largest absolute Gasteiger partial charge is 0.401 e. The summed E-state index contributed by atoms with van der Waals surface area (Å²) in [5.74, 6) is -0.409. The maximum atomic E-state index is 12.5. The molecule has 0 saturated heterocycles. The van der Waals surface area contributed by atoms with Gasteiger partial charge in [0, 0.05) is 18.7 Å². The van der Waals surface area contributed by atoms with Gasteiger partial charge in [0.25, 0.3) is 0 Å². The Bertz CT molecular complexity index is 441. The number of hydrogen-bond donors (Lipinski definition) is 1. The van der Waals surface area contributed by atoms with Crippen LogP contribution < -0.4 is 5.73 Å². The van der Waals surface area contributed by atoms with Crippen LogP contribution in [0.25, 0.3) is 0 Å². The zero-order valence-electron chi connectivity index (χ0n) is 11.6. The third-order valence-corrected chi connectivity index (χ3v) is 2.67. The SMILES string of the molecule is CC(C)CN(Cc1ccc(C(N)=O)cc1)CC(F)(F)F. The molecule has 1 aromatic rings. The second-order valence-electron chi connectivity index (χ2n) is 5.24. The van der Waals surface area contributed by atoms with Crippen molar-refractivity contribution in [2.24, 2.45) is 11.7 Å². The molecule has 0 aliphatic heterocycles. The molecule has 1 rings (SSSR count). The molecule has 2 N–H and O–H groups in total. The molecule has 20 heavy (non-hydrogen) atoms. The van der Waals surface area contributed by atoms with Gasteiger partial charge in [0.05, 0.1) is 6.54 Å². The third kappa shape index (κ3) is 6.06.